The van der Waals surface area contributed by atoms with Crippen LogP contribution >= 0.6 is 0 Å². The molecule has 12 heteroatoms. The molecule has 1 aliphatic heterocycles. The van der Waals surface area contributed by atoms with Crippen molar-refractivity contribution in [3.05, 3.63) is 35.9 Å². The topological polar surface area (TPSA) is 188 Å². The highest BCUT2D eigenvalue weighted by Gasteiger charge is 2.47. The number of alkyl carbamates (subject to hydrolysis) is 1. The van der Waals surface area contributed by atoms with E-state index in [1.807, 2.05) is 30.3 Å². The van der Waals surface area contributed by atoms with Crippen LogP contribution in [0.4, 0.5) is 4.79 Å². The summed E-state index contributed by atoms with van der Waals surface area (Å²) >= 11 is 0. The van der Waals surface area contributed by atoms with Crippen LogP contribution in [0, 0.1) is 5.92 Å². The molecule has 5 atom stereocenters. The van der Waals surface area contributed by atoms with E-state index in [1.165, 1.54) is 4.90 Å². The lowest BCUT2D eigenvalue weighted by Crippen LogP contribution is -2.52. The maximum absolute atomic E-state index is 13.2. The van der Waals surface area contributed by atoms with Crippen molar-refractivity contribution < 1.29 is 38.9 Å². The summed E-state index contributed by atoms with van der Waals surface area (Å²) in [5.41, 5.74) is 6.54. The SMILES string of the molecule is NCCCC[C@H](NC(=O)OCCc1ccccc1)C(=O)N[C@H](CCC(=O)N1[C@H](C(=O)O)C[C@@H]2CCCC[C@@H]21)C(=O)O. The summed E-state index contributed by atoms with van der Waals surface area (Å²) in [7, 11) is 0. The van der Waals surface area contributed by atoms with Crippen molar-refractivity contribution in [3.8, 4) is 0 Å². The second kappa shape index (κ2) is 15.9. The summed E-state index contributed by atoms with van der Waals surface area (Å²) in [6.07, 6.45) is 4.53. The van der Waals surface area contributed by atoms with Crippen LogP contribution in [0.1, 0.15) is 69.8 Å². The molecule has 3 rings (SSSR count). The first-order chi connectivity index (χ1) is 19.7. The number of carbonyl (C=O) groups excluding carboxylic acids is 3. The first-order valence-electron chi connectivity index (χ1n) is 14.5. The minimum Gasteiger partial charge on any atom is -0.480 e. The van der Waals surface area contributed by atoms with Crippen molar-refractivity contribution in [3.63, 3.8) is 0 Å². The Morgan fingerprint density at radius 2 is 1.71 bits per heavy atom. The Bertz CT molecular complexity index is 1050. The molecule has 41 heavy (non-hydrogen) atoms. The number of hydrogen-bond acceptors (Lipinski definition) is 7. The average Bonchev–Trinajstić information content (AvgIpc) is 3.35. The van der Waals surface area contributed by atoms with Gasteiger partial charge in [-0.15, -0.1) is 0 Å². The van der Waals surface area contributed by atoms with E-state index in [2.05, 4.69) is 10.6 Å². The smallest absolute Gasteiger partial charge is 0.407 e. The van der Waals surface area contributed by atoms with Gasteiger partial charge in [0.05, 0.1) is 6.61 Å². The van der Waals surface area contributed by atoms with Crippen molar-refractivity contribution in [1.29, 1.82) is 0 Å². The number of nitrogens with zero attached hydrogens (tertiary/aromatic N) is 1. The van der Waals surface area contributed by atoms with Gasteiger partial charge in [0.1, 0.15) is 18.1 Å². The monoisotopic (exact) mass is 574 g/mol. The molecule has 1 aromatic rings. The van der Waals surface area contributed by atoms with Gasteiger partial charge in [-0.2, -0.15) is 0 Å². The fourth-order valence-corrected chi connectivity index (χ4v) is 5.82. The van der Waals surface area contributed by atoms with Crippen LogP contribution in [-0.2, 0) is 30.3 Å². The zero-order chi connectivity index (χ0) is 29.8. The zero-order valence-electron chi connectivity index (χ0n) is 23.3. The van der Waals surface area contributed by atoms with Gasteiger partial charge in [-0.3, -0.25) is 9.59 Å². The highest BCUT2D eigenvalue weighted by Crippen LogP contribution is 2.40. The highest BCUT2D eigenvalue weighted by atomic mass is 16.5. The number of nitrogens with two attached hydrogens (primary N) is 1. The van der Waals surface area contributed by atoms with Crippen molar-refractivity contribution >= 4 is 29.8 Å². The number of ether oxygens (including phenoxy) is 1. The number of nitrogens with one attached hydrogen (secondary N) is 2. The molecule has 0 spiro atoms. The fourth-order valence-electron chi connectivity index (χ4n) is 5.82. The molecule has 1 saturated heterocycles. The van der Waals surface area contributed by atoms with Gasteiger partial charge in [-0.25, -0.2) is 14.4 Å². The van der Waals surface area contributed by atoms with Crippen LogP contribution < -0.4 is 16.4 Å². The van der Waals surface area contributed by atoms with E-state index in [1.54, 1.807) is 0 Å². The van der Waals surface area contributed by atoms with Gasteiger partial charge in [0.15, 0.2) is 0 Å². The van der Waals surface area contributed by atoms with E-state index < -0.39 is 48.0 Å². The number of rotatable bonds is 15. The van der Waals surface area contributed by atoms with Crippen LogP contribution in [-0.4, -0.2) is 82.3 Å². The molecule has 2 fully saturated rings. The predicted molar refractivity (Wildman–Crippen MR) is 149 cm³/mol. The molecule has 12 nitrogen and oxygen atoms in total. The van der Waals surface area contributed by atoms with Crippen molar-refractivity contribution in [2.24, 2.45) is 11.7 Å². The molecule has 0 unspecified atom stereocenters. The fraction of sp³-hybridized carbons (Fsp3) is 0.621. The molecule has 0 aromatic heterocycles. The molecule has 1 heterocycles. The van der Waals surface area contributed by atoms with Gasteiger partial charge in [-0.1, -0.05) is 43.2 Å². The Labute approximate surface area is 240 Å². The van der Waals surface area contributed by atoms with Crippen LogP contribution in [0.25, 0.3) is 0 Å². The second-order valence-electron chi connectivity index (χ2n) is 10.8. The number of fused-ring (bicyclic) bond motifs is 1. The summed E-state index contributed by atoms with van der Waals surface area (Å²) in [5.74, 6) is -3.38. The summed E-state index contributed by atoms with van der Waals surface area (Å²) < 4.78 is 5.22. The van der Waals surface area contributed by atoms with Crippen molar-refractivity contribution in [1.82, 2.24) is 15.5 Å². The standard InChI is InChI=1S/C29H42N4O8/c30-16-7-6-11-21(32-29(40)41-17-15-19-8-2-1-3-9-19)26(35)31-22(27(36)37)13-14-25(34)33-23-12-5-4-10-20(23)18-24(33)28(38)39/h1-3,8-9,20-24H,4-7,10-18,30H2,(H,31,35)(H,32,40)(H,36,37)(H,38,39)/t20-,21-,22+,23-,24-/m0/s1. The third-order valence-electron chi connectivity index (χ3n) is 7.94. The minimum atomic E-state index is -1.40. The Morgan fingerprint density at radius 1 is 0.976 bits per heavy atom. The summed E-state index contributed by atoms with van der Waals surface area (Å²) in [5, 5.41) is 24.4. The van der Waals surface area contributed by atoms with E-state index in [0.29, 0.717) is 32.2 Å². The number of carbonyl (C=O) groups is 5. The first-order valence-corrected chi connectivity index (χ1v) is 14.5. The maximum atomic E-state index is 13.2. The molecule has 2 aliphatic rings. The molecule has 1 aromatic carbocycles. The van der Waals surface area contributed by atoms with Gasteiger partial charge in [0, 0.05) is 18.9 Å². The summed E-state index contributed by atoms with van der Waals surface area (Å²) in [4.78, 5) is 63.9. The number of carboxylic acid groups (broad SMARTS) is 2. The molecule has 0 bridgehead atoms. The lowest BCUT2D eigenvalue weighted by molar-refractivity contribution is -0.150. The lowest BCUT2D eigenvalue weighted by atomic mass is 9.84. The number of likely N-dealkylation sites (tertiary alicyclic amines) is 1. The second-order valence-corrected chi connectivity index (χ2v) is 10.8. The lowest BCUT2D eigenvalue weighted by Gasteiger charge is -2.33. The molecular weight excluding hydrogens is 532 g/mol. The number of aliphatic carboxylic acids is 2. The third-order valence-corrected chi connectivity index (χ3v) is 7.94. The number of unbranched alkanes of at least 4 members (excludes halogenated alkanes) is 1. The number of amides is 3. The quantitative estimate of drug-likeness (QED) is 0.195. The van der Waals surface area contributed by atoms with Gasteiger partial charge in [0.2, 0.25) is 11.8 Å². The minimum absolute atomic E-state index is 0.0997. The highest BCUT2D eigenvalue weighted by molar-refractivity contribution is 5.90. The largest absolute Gasteiger partial charge is 0.480 e. The van der Waals surface area contributed by atoms with Crippen LogP contribution in [0.15, 0.2) is 30.3 Å². The van der Waals surface area contributed by atoms with E-state index in [4.69, 9.17) is 10.5 Å². The normalized spacial score (nSPS) is 21.3. The molecular formula is C29H42N4O8. The third kappa shape index (κ3) is 9.44. The number of carboxylic acids is 2. The molecule has 226 valence electrons. The Morgan fingerprint density at radius 3 is 2.39 bits per heavy atom. The summed E-state index contributed by atoms with van der Waals surface area (Å²) in [6.45, 7) is 0.494. The van der Waals surface area contributed by atoms with E-state index in [0.717, 1.165) is 31.2 Å². The summed E-state index contributed by atoms with van der Waals surface area (Å²) in [6, 6.07) is 5.92. The van der Waals surface area contributed by atoms with E-state index >= 15 is 0 Å². The van der Waals surface area contributed by atoms with Crippen molar-refractivity contribution in [2.45, 2.75) is 94.8 Å². The first kappa shape index (κ1) is 31.9. The number of benzene rings is 1. The van der Waals surface area contributed by atoms with E-state index in [9.17, 15) is 34.2 Å². The number of hydrogen-bond donors (Lipinski definition) is 5. The van der Waals surface area contributed by atoms with Crippen molar-refractivity contribution in [2.75, 3.05) is 13.2 Å². The predicted octanol–water partition coefficient (Wildman–Crippen LogP) is 2.05. The van der Waals surface area contributed by atoms with Gasteiger partial charge in [-0.05, 0) is 63.0 Å². The Kier molecular flexibility index (Phi) is 12.4. The molecule has 0 radical (unpaired) electrons. The molecule has 1 aliphatic carbocycles. The van der Waals surface area contributed by atoms with E-state index in [-0.39, 0.29) is 37.8 Å². The molecule has 1 saturated carbocycles. The average molecular weight is 575 g/mol. The van der Waals surface area contributed by atoms with Gasteiger partial charge in [0.25, 0.3) is 0 Å². The van der Waals surface area contributed by atoms with Crippen LogP contribution in [0.3, 0.4) is 0 Å². The molecule has 6 N–H and O–H groups in total. The zero-order valence-corrected chi connectivity index (χ0v) is 23.3. The van der Waals surface area contributed by atoms with Gasteiger partial charge < -0.3 is 36.2 Å². The Hall–Kier alpha value is -3.67. The Balaban J connectivity index is 1.56. The van der Waals surface area contributed by atoms with Crippen LogP contribution in [0.5, 0.6) is 0 Å². The van der Waals surface area contributed by atoms with Crippen LogP contribution in [0.2, 0.25) is 0 Å². The molecule has 3 amide bonds. The van der Waals surface area contributed by atoms with Gasteiger partial charge >= 0.3 is 18.0 Å². The maximum Gasteiger partial charge on any atom is 0.407 e.